The molecule has 22 heavy (non-hydrogen) atoms. The highest BCUT2D eigenvalue weighted by Gasteiger charge is 2.33. The van der Waals surface area contributed by atoms with Crippen LogP contribution in [0.5, 0.6) is 0 Å². The fraction of sp³-hybridized carbons (Fsp3) is 0.611. The molecule has 2 fully saturated rings. The number of carbonyl (C=O) groups excluding carboxylic acids is 1. The molecule has 0 saturated carbocycles. The molecule has 4 nitrogen and oxygen atoms in total. The molecule has 2 unspecified atom stereocenters. The van der Waals surface area contributed by atoms with Crippen LogP contribution in [-0.4, -0.2) is 43.3 Å². The third kappa shape index (κ3) is 3.50. The highest BCUT2D eigenvalue weighted by Crippen LogP contribution is 2.31. The summed E-state index contributed by atoms with van der Waals surface area (Å²) in [5.74, 6) is 0.0908. The highest BCUT2D eigenvalue weighted by atomic mass is 16.6. The van der Waals surface area contributed by atoms with Gasteiger partial charge < -0.3 is 14.4 Å². The van der Waals surface area contributed by atoms with E-state index >= 15 is 0 Å². The van der Waals surface area contributed by atoms with Crippen molar-refractivity contribution >= 4 is 5.91 Å². The summed E-state index contributed by atoms with van der Waals surface area (Å²) >= 11 is 0. The predicted octanol–water partition coefficient (Wildman–Crippen LogP) is 2.85. The molecule has 120 valence electrons. The summed E-state index contributed by atoms with van der Waals surface area (Å²) < 4.78 is 11.0. The van der Waals surface area contributed by atoms with E-state index in [-0.39, 0.29) is 11.9 Å². The molecule has 2 heterocycles. The first kappa shape index (κ1) is 15.5. The second-order valence-electron chi connectivity index (χ2n) is 6.25. The number of amides is 1. The second kappa shape index (κ2) is 7.25. The predicted molar refractivity (Wildman–Crippen MR) is 84.7 cm³/mol. The van der Waals surface area contributed by atoms with E-state index in [9.17, 15) is 4.79 Å². The summed E-state index contributed by atoms with van der Waals surface area (Å²) in [7, 11) is 0. The van der Waals surface area contributed by atoms with Crippen molar-refractivity contribution in [1.29, 1.82) is 0 Å². The average molecular weight is 303 g/mol. The lowest BCUT2D eigenvalue weighted by Crippen LogP contribution is -2.46. The van der Waals surface area contributed by atoms with Gasteiger partial charge in [-0.25, -0.2) is 0 Å². The van der Waals surface area contributed by atoms with Gasteiger partial charge in [0.05, 0.1) is 25.9 Å². The zero-order chi connectivity index (χ0) is 15.4. The standard InChI is InChI=1S/C18H25NO3/c1-14-6-5-7-15(12-14)16-8-3-2-4-9-19(16)18(20)17-13-21-10-11-22-17/h5-7,12,16-17H,2-4,8-11,13H2,1H3. The maximum absolute atomic E-state index is 12.9. The topological polar surface area (TPSA) is 38.8 Å². The van der Waals surface area contributed by atoms with Crippen LogP contribution in [0.4, 0.5) is 0 Å². The average Bonchev–Trinajstić information content (AvgIpc) is 2.81. The first-order valence-corrected chi connectivity index (χ1v) is 8.32. The van der Waals surface area contributed by atoms with E-state index in [1.54, 1.807) is 0 Å². The minimum absolute atomic E-state index is 0.0908. The van der Waals surface area contributed by atoms with E-state index in [1.165, 1.54) is 24.0 Å². The maximum Gasteiger partial charge on any atom is 0.254 e. The summed E-state index contributed by atoms with van der Waals surface area (Å²) in [6.45, 7) is 4.40. The Bertz CT molecular complexity index is 511. The first-order chi connectivity index (χ1) is 10.8. The molecule has 1 aromatic rings. The Kier molecular flexibility index (Phi) is 5.11. The van der Waals surface area contributed by atoms with Crippen LogP contribution in [0.3, 0.4) is 0 Å². The molecular formula is C18H25NO3. The van der Waals surface area contributed by atoms with Gasteiger partial charge in [0.1, 0.15) is 0 Å². The zero-order valence-corrected chi connectivity index (χ0v) is 13.3. The van der Waals surface area contributed by atoms with Gasteiger partial charge in [-0.05, 0) is 25.3 Å². The van der Waals surface area contributed by atoms with Crippen LogP contribution < -0.4 is 0 Å². The van der Waals surface area contributed by atoms with Crippen LogP contribution in [-0.2, 0) is 14.3 Å². The van der Waals surface area contributed by atoms with E-state index in [2.05, 4.69) is 31.2 Å². The fourth-order valence-corrected chi connectivity index (χ4v) is 3.41. The molecule has 0 N–H and O–H groups in total. The molecule has 0 spiro atoms. The second-order valence-corrected chi connectivity index (χ2v) is 6.25. The van der Waals surface area contributed by atoms with E-state index in [1.807, 2.05) is 4.90 Å². The lowest BCUT2D eigenvalue weighted by atomic mass is 9.98. The van der Waals surface area contributed by atoms with Crippen molar-refractivity contribution < 1.29 is 14.3 Å². The third-order valence-corrected chi connectivity index (χ3v) is 4.55. The van der Waals surface area contributed by atoms with Crippen LogP contribution in [0.2, 0.25) is 0 Å². The minimum Gasteiger partial charge on any atom is -0.376 e. The van der Waals surface area contributed by atoms with Crippen LogP contribution in [0.1, 0.15) is 42.9 Å². The molecule has 0 bridgehead atoms. The summed E-state index contributed by atoms with van der Waals surface area (Å²) in [6.07, 6.45) is 4.03. The number of hydrogen-bond acceptors (Lipinski definition) is 3. The lowest BCUT2D eigenvalue weighted by Gasteiger charge is -2.34. The molecule has 3 rings (SSSR count). The van der Waals surface area contributed by atoms with Crippen molar-refractivity contribution in [1.82, 2.24) is 4.90 Å². The molecule has 1 aromatic carbocycles. The SMILES string of the molecule is Cc1cccc(C2CCCCCN2C(=O)C2COCCO2)c1. The summed E-state index contributed by atoms with van der Waals surface area (Å²) in [4.78, 5) is 14.9. The van der Waals surface area contributed by atoms with Crippen molar-refractivity contribution in [2.45, 2.75) is 44.8 Å². The van der Waals surface area contributed by atoms with Gasteiger partial charge in [-0.3, -0.25) is 4.79 Å². The number of likely N-dealkylation sites (tertiary alicyclic amines) is 1. The number of rotatable bonds is 2. The van der Waals surface area contributed by atoms with Gasteiger partial charge in [-0.15, -0.1) is 0 Å². The Labute approximate surface area is 132 Å². The van der Waals surface area contributed by atoms with Crippen molar-refractivity contribution in [3.63, 3.8) is 0 Å². The molecule has 2 saturated heterocycles. The van der Waals surface area contributed by atoms with Crippen molar-refractivity contribution in [2.24, 2.45) is 0 Å². The summed E-state index contributed by atoms with van der Waals surface area (Å²) in [6, 6.07) is 8.69. The Morgan fingerprint density at radius 3 is 2.91 bits per heavy atom. The van der Waals surface area contributed by atoms with Gasteiger partial charge in [0.2, 0.25) is 0 Å². The highest BCUT2D eigenvalue weighted by molar-refractivity contribution is 5.81. The van der Waals surface area contributed by atoms with Gasteiger partial charge in [0.15, 0.2) is 6.10 Å². The molecule has 4 heteroatoms. The van der Waals surface area contributed by atoms with Crippen LogP contribution in [0.15, 0.2) is 24.3 Å². The summed E-state index contributed by atoms with van der Waals surface area (Å²) in [5, 5.41) is 0. The van der Waals surface area contributed by atoms with Crippen molar-refractivity contribution in [2.75, 3.05) is 26.4 Å². The Morgan fingerprint density at radius 2 is 2.14 bits per heavy atom. The first-order valence-electron chi connectivity index (χ1n) is 8.32. The molecule has 1 amide bonds. The summed E-state index contributed by atoms with van der Waals surface area (Å²) in [5.41, 5.74) is 2.48. The van der Waals surface area contributed by atoms with E-state index in [0.29, 0.717) is 19.8 Å². The third-order valence-electron chi connectivity index (χ3n) is 4.55. The number of aryl methyl sites for hydroxylation is 1. The van der Waals surface area contributed by atoms with Crippen LogP contribution in [0, 0.1) is 6.92 Å². The molecule has 2 atom stereocenters. The van der Waals surface area contributed by atoms with Crippen LogP contribution >= 0.6 is 0 Å². The number of nitrogens with zero attached hydrogens (tertiary/aromatic N) is 1. The van der Waals surface area contributed by atoms with E-state index in [4.69, 9.17) is 9.47 Å². The molecule has 2 aliphatic heterocycles. The number of ether oxygens (including phenoxy) is 2. The smallest absolute Gasteiger partial charge is 0.254 e. The van der Waals surface area contributed by atoms with E-state index in [0.717, 1.165) is 19.4 Å². The molecule has 2 aliphatic rings. The van der Waals surface area contributed by atoms with Gasteiger partial charge in [-0.1, -0.05) is 42.7 Å². The van der Waals surface area contributed by atoms with E-state index < -0.39 is 6.10 Å². The molecule has 0 aromatic heterocycles. The lowest BCUT2D eigenvalue weighted by molar-refractivity contribution is -0.160. The van der Waals surface area contributed by atoms with Crippen LogP contribution in [0.25, 0.3) is 0 Å². The van der Waals surface area contributed by atoms with Gasteiger partial charge in [-0.2, -0.15) is 0 Å². The number of benzene rings is 1. The fourth-order valence-electron chi connectivity index (χ4n) is 3.41. The Hall–Kier alpha value is -1.39. The normalized spacial score (nSPS) is 26.5. The monoisotopic (exact) mass is 303 g/mol. The van der Waals surface area contributed by atoms with Gasteiger partial charge >= 0.3 is 0 Å². The Balaban J connectivity index is 1.82. The van der Waals surface area contributed by atoms with Crippen molar-refractivity contribution in [3.05, 3.63) is 35.4 Å². The minimum atomic E-state index is -0.431. The molecule has 0 radical (unpaired) electrons. The number of hydrogen-bond donors (Lipinski definition) is 0. The largest absolute Gasteiger partial charge is 0.376 e. The van der Waals surface area contributed by atoms with Crippen molar-refractivity contribution in [3.8, 4) is 0 Å². The van der Waals surface area contributed by atoms with Gasteiger partial charge in [0, 0.05) is 6.54 Å². The molecule has 0 aliphatic carbocycles. The maximum atomic E-state index is 12.9. The zero-order valence-electron chi connectivity index (χ0n) is 13.3. The van der Waals surface area contributed by atoms with Gasteiger partial charge in [0.25, 0.3) is 5.91 Å². The Morgan fingerprint density at radius 1 is 1.23 bits per heavy atom. The number of carbonyl (C=O) groups is 1. The quantitative estimate of drug-likeness (QED) is 0.843. The molecular weight excluding hydrogens is 278 g/mol.